The molecule has 0 saturated carbocycles. The Morgan fingerprint density at radius 3 is 2.95 bits per heavy atom. The second kappa shape index (κ2) is 4.31. The number of anilines is 1. The maximum Gasteiger partial charge on any atom is 0.205 e. The molecule has 0 spiro atoms. The van der Waals surface area contributed by atoms with Crippen LogP contribution in [0.2, 0.25) is 0 Å². The topological polar surface area (TPSA) is 56.7 Å². The van der Waals surface area contributed by atoms with E-state index in [4.69, 9.17) is 5.73 Å². The predicted octanol–water partition coefficient (Wildman–Crippen LogP) is 3.21. The van der Waals surface area contributed by atoms with Gasteiger partial charge in [-0.15, -0.1) is 0 Å². The van der Waals surface area contributed by atoms with Gasteiger partial charge in [0.1, 0.15) is 11.3 Å². The fourth-order valence-electron chi connectivity index (χ4n) is 2.08. The second-order valence-corrected chi connectivity index (χ2v) is 5.08. The summed E-state index contributed by atoms with van der Waals surface area (Å²) >= 11 is 3.17. The number of hydrogen-bond acceptors (Lipinski definition) is 3. The molecule has 3 aromatic rings. The minimum absolute atomic E-state index is 0.313. The lowest BCUT2D eigenvalue weighted by atomic mass is 10.2. The van der Waals surface area contributed by atoms with Crippen LogP contribution in [0.15, 0.2) is 35.1 Å². The number of benzene rings is 1. The van der Waals surface area contributed by atoms with E-state index in [0.29, 0.717) is 21.6 Å². The first kappa shape index (κ1) is 12.1. The van der Waals surface area contributed by atoms with Crippen molar-refractivity contribution in [3.8, 4) is 5.69 Å². The van der Waals surface area contributed by atoms with Crippen molar-refractivity contribution in [3.05, 3.63) is 46.4 Å². The van der Waals surface area contributed by atoms with Crippen LogP contribution in [0.4, 0.5) is 10.3 Å². The van der Waals surface area contributed by atoms with Crippen LogP contribution >= 0.6 is 15.9 Å². The number of hydrogen-bond donors (Lipinski definition) is 1. The lowest BCUT2D eigenvalue weighted by molar-refractivity contribution is 0.619. The molecule has 4 nitrogen and oxygen atoms in total. The van der Waals surface area contributed by atoms with E-state index in [1.807, 2.05) is 6.92 Å². The highest BCUT2D eigenvalue weighted by atomic mass is 79.9. The molecule has 6 heteroatoms. The van der Waals surface area contributed by atoms with Crippen LogP contribution in [0.5, 0.6) is 0 Å². The molecule has 0 aliphatic rings. The standard InChI is InChI=1S/C13H10BrFN4/c1-7-4-8(14)9(15)5-12(7)19-11-2-3-17-6-10(11)18-13(19)16/h2-6H,1H3,(H2,16,18). The highest BCUT2D eigenvalue weighted by molar-refractivity contribution is 9.10. The van der Waals surface area contributed by atoms with Crippen molar-refractivity contribution in [1.82, 2.24) is 14.5 Å². The van der Waals surface area contributed by atoms with Gasteiger partial charge in [-0.3, -0.25) is 9.55 Å². The highest BCUT2D eigenvalue weighted by Crippen LogP contribution is 2.28. The van der Waals surface area contributed by atoms with E-state index in [1.54, 1.807) is 29.1 Å². The summed E-state index contributed by atoms with van der Waals surface area (Å²) in [7, 11) is 0. The summed E-state index contributed by atoms with van der Waals surface area (Å²) in [6.45, 7) is 1.89. The first-order chi connectivity index (χ1) is 9.08. The number of nitrogen functional groups attached to an aromatic ring is 1. The molecule has 0 unspecified atom stereocenters. The lowest BCUT2D eigenvalue weighted by Gasteiger charge is -2.11. The summed E-state index contributed by atoms with van der Waals surface area (Å²) in [6, 6.07) is 4.96. The quantitative estimate of drug-likeness (QED) is 0.749. The van der Waals surface area contributed by atoms with Crippen molar-refractivity contribution >= 4 is 32.9 Å². The number of nitrogens with two attached hydrogens (primary N) is 1. The molecule has 2 heterocycles. The van der Waals surface area contributed by atoms with Gasteiger partial charge in [0.25, 0.3) is 0 Å². The Bertz CT molecular complexity index is 782. The van der Waals surface area contributed by atoms with Gasteiger partial charge in [-0.2, -0.15) is 0 Å². The van der Waals surface area contributed by atoms with Crippen molar-refractivity contribution in [2.24, 2.45) is 0 Å². The summed E-state index contributed by atoms with van der Waals surface area (Å²) in [4.78, 5) is 8.23. The molecule has 0 saturated heterocycles. The van der Waals surface area contributed by atoms with Gasteiger partial charge in [-0.1, -0.05) is 0 Å². The van der Waals surface area contributed by atoms with Gasteiger partial charge in [-0.05, 0) is 46.6 Å². The fraction of sp³-hybridized carbons (Fsp3) is 0.0769. The molecule has 2 aromatic heterocycles. The third kappa shape index (κ3) is 1.88. The summed E-state index contributed by atoms with van der Waals surface area (Å²) in [5.74, 6) is -0.0243. The van der Waals surface area contributed by atoms with Crippen LogP contribution in [-0.2, 0) is 0 Å². The molecule has 0 aliphatic carbocycles. The van der Waals surface area contributed by atoms with Crippen LogP contribution < -0.4 is 5.73 Å². The van der Waals surface area contributed by atoms with E-state index in [9.17, 15) is 4.39 Å². The molecule has 3 rings (SSSR count). The van der Waals surface area contributed by atoms with Gasteiger partial charge in [0.2, 0.25) is 5.95 Å². The monoisotopic (exact) mass is 320 g/mol. The molecule has 0 atom stereocenters. The van der Waals surface area contributed by atoms with E-state index in [-0.39, 0.29) is 5.82 Å². The molecule has 2 N–H and O–H groups in total. The molecule has 0 bridgehead atoms. The normalized spacial score (nSPS) is 11.1. The third-order valence-electron chi connectivity index (χ3n) is 2.96. The molecule has 1 aromatic carbocycles. The van der Waals surface area contributed by atoms with E-state index in [1.165, 1.54) is 6.07 Å². The van der Waals surface area contributed by atoms with Gasteiger partial charge in [-0.25, -0.2) is 9.37 Å². The number of aromatic nitrogens is 3. The summed E-state index contributed by atoms with van der Waals surface area (Å²) in [5.41, 5.74) is 8.99. The maximum absolute atomic E-state index is 13.7. The van der Waals surface area contributed by atoms with Gasteiger partial charge < -0.3 is 5.73 Å². The predicted molar refractivity (Wildman–Crippen MR) is 75.7 cm³/mol. The number of rotatable bonds is 1. The zero-order chi connectivity index (χ0) is 13.6. The van der Waals surface area contributed by atoms with Crippen LogP contribution in [0.3, 0.4) is 0 Å². The average molecular weight is 321 g/mol. The first-order valence-electron chi connectivity index (χ1n) is 5.62. The molecular weight excluding hydrogens is 311 g/mol. The number of halogens is 2. The first-order valence-corrected chi connectivity index (χ1v) is 6.41. The van der Waals surface area contributed by atoms with Crippen molar-refractivity contribution in [1.29, 1.82) is 0 Å². The fourth-order valence-corrected chi connectivity index (χ4v) is 2.54. The van der Waals surface area contributed by atoms with E-state index in [0.717, 1.165) is 11.1 Å². The van der Waals surface area contributed by atoms with Crippen molar-refractivity contribution in [3.63, 3.8) is 0 Å². The maximum atomic E-state index is 13.7. The molecule has 0 aliphatic heterocycles. The SMILES string of the molecule is Cc1cc(Br)c(F)cc1-n1c(N)nc2cnccc21. The minimum atomic E-state index is -0.337. The molecule has 96 valence electrons. The largest absolute Gasteiger partial charge is 0.369 e. The zero-order valence-corrected chi connectivity index (χ0v) is 11.6. The average Bonchev–Trinajstić information content (AvgIpc) is 2.70. The highest BCUT2D eigenvalue weighted by Gasteiger charge is 2.13. The van der Waals surface area contributed by atoms with Gasteiger partial charge in [0.15, 0.2) is 0 Å². The minimum Gasteiger partial charge on any atom is -0.369 e. The van der Waals surface area contributed by atoms with Gasteiger partial charge >= 0.3 is 0 Å². The lowest BCUT2D eigenvalue weighted by Crippen LogP contribution is -2.03. The smallest absolute Gasteiger partial charge is 0.205 e. The Morgan fingerprint density at radius 2 is 2.16 bits per heavy atom. The number of aryl methyl sites for hydroxylation is 1. The second-order valence-electron chi connectivity index (χ2n) is 4.22. The number of nitrogens with zero attached hydrogens (tertiary/aromatic N) is 3. The summed E-state index contributed by atoms with van der Waals surface area (Å²) < 4.78 is 15.9. The van der Waals surface area contributed by atoms with Gasteiger partial charge in [0, 0.05) is 6.20 Å². The van der Waals surface area contributed by atoms with Crippen LogP contribution in [0, 0.1) is 12.7 Å². The third-order valence-corrected chi connectivity index (χ3v) is 3.57. The summed E-state index contributed by atoms with van der Waals surface area (Å²) in [6.07, 6.45) is 3.29. The Labute approximate surface area is 117 Å². The summed E-state index contributed by atoms with van der Waals surface area (Å²) in [5, 5.41) is 0. The Hall–Kier alpha value is -1.95. The van der Waals surface area contributed by atoms with Crippen molar-refractivity contribution in [2.45, 2.75) is 6.92 Å². The molecule has 0 amide bonds. The Kier molecular flexibility index (Phi) is 2.74. The number of fused-ring (bicyclic) bond motifs is 1. The Morgan fingerprint density at radius 1 is 1.37 bits per heavy atom. The van der Waals surface area contributed by atoms with E-state index >= 15 is 0 Å². The van der Waals surface area contributed by atoms with Crippen molar-refractivity contribution in [2.75, 3.05) is 5.73 Å². The molecule has 19 heavy (non-hydrogen) atoms. The number of pyridine rings is 1. The van der Waals surface area contributed by atoms with Gasteiger partial charge in [0.05, 0.1) is 21.9 Å². The van der Waals surface area contributed by atoms with Crippen LogP contribution in [0.1, 0.15) is 5.56 Å². The van der Waals surface area contributed by atoms with Crippen LogP contribution in [-0.4, -0.2) is 14.5 Å². The molecule has 0 fully saturated rings. The molecule has 0 radical (unpaired) electrons. The van der Waals surface area contributed by atoms with E-state index < -0.39 is 0 Å². The van der Waals surface area contributed by atoms with Crippen LogP contribution in [0.25, 0.3) is 16.7 Å². The Balaban J connectivity index is 2.36. The number of imidazole rings is 1. The zero-order valence-electron chi connectivity index (χ0n) is 10.1. The van der Waals surface area contributed by atoms with Crippen molar-refractivity contribution < 1.29 is 4.39 Å². The van der Waals surface area contributed by atoms with E-state index in [2.05, 4.69) is 25.9 Å². The molecular formula is C13H10BrFN4.